The highest BCUT2D eigenvalue weighted by atomic mass is 32.1. The van der Waals surface area contributed by atoms with Crippen molar-refractivity contribution in [3.05, 3.63) is 16.1 Å². The van der Waals surface area contributed by atoms with Crippen LogP contribution in [0, 0.1) is 5.92 Å². The predicted octanol–water partition coefficient (Wildman–Crippen LogP) is 1.47. The molecule has 1 unspecified atom stereocenters. The second-order valence-corrected chi connectivity index (χ2v) is 5.63. The number of aryl methyl sites for hydroxylation is 1. The monoisotopic (exact) mass is 286 g/mol. The lowest BCUT2D eigenvalue weighted by molar-refractivity contribution is 0.0259. The van der Waals surface area contributed by atoms with E-state index in [-0.39, 0.29) is 19.1 Å². The summed E-state index contributed by atoms with van der Waals surface area (Å²) in [6.45, 7) is 7.09. The summed E-state index contributed by atoms with van der Waals surface area (Å²) < 4.78 is 5.31. The molecule has 1 rings (SSSR count). The number of carbonyl (C=O) groups is 1. The van der Waals surface area contributed by atoms with E-state index in [1.54, 1.807) is 5.51 Å². The number of amides is 1. The molecule has 0 aliphatic rings. The standard InChI is InChI=1S/C13H22N2O3S/c1-4-11-12(19-8-15-11)13(17)14-5-10(16)7-18-6-9(2)3/h8-10,16H,4-7H2,1-3H3,(H,14,17). The maximum Gasteiger partial charge on any atom is 0.263 e. The summed E-state index contributed by atoms with van der Waals surface area (Å²) in [6.07, 6.45) is 0.0486. The Bertz CT molecular complexity index is 393. The first-order chi connectivity index (χ1) is 9.04. The number of thiazole rings is 1. The predicted molar refractivity (Wildman–Crippen MR) is 75.5 cm³/mol. The fraction of sp³-hybridized carbons (Fsp3) is 0.692. The lowest BCUT2D eigenvalue weighted by Gasteiger charge is -2.13. The molecule has 0 fully saturated rings. The first-order valence-corrected chi connectivity index (χ1v) is 7.38. The van der Waals surface area contributed by atoms with Crippen molar-refractivity contribution in [2.45, 2.75) is 33.3 Å². The van der Waals surface area contributed by atoms with Gasteiger partial charge in [0.2, 0.25) is 0 Å². The van der Waals surface area contributed by atoms with Gasteiger partial charge in [-0.1, -0.05) is 20.8 Å². The fourth-order valence-electron chi connectivity index (χ4n) is 1.50. The zero-order valence-electron chi connectivity index (χ0n) is 11.7. The molecule has 108 valence electrons. The Kier molecular flexibility index (Phi) is 6.97. The number of aromatic nitrogens is 1. The van der Waals surface area contributed by atoms with Gasteiger partial charge in [0.1, 0.15) is 4.88 Å². The second-order valence-electron chi connectivity index (χ2n) is 4.78. The summed E-state index contributed by atoms with van der Waals surface area (Å²) in [5.41, 5.74) is 2.46. The highest BCUT2D eigenvalue weighted by Crippen LogP contribution is 2.13. The smallest absolute Gasteiger partial charge is 0.263 e. The zero-order chi connectivity index (χ0) is 14.3. The van der Waals surface area contributed by atoms with Crippen LogP contribution >= 0.6 is 11.3 Å². The third kappa shape index (κ3) is 5.67. The molecule has 0 saturated heterocycles. The summed E-state index contributed by atoms with van der Waals surface area (Å²) in [5.74, 6) is 0.258. The summed E-state index contributed by atoms with van der Waals surface area (Å²) >= 11 is 1.32. The highest BCUT2D eigenvalue weighted by molar-refractivity contribution is 7.11. The van der Waals surface area contributed by atoms with E-state index in [1.165, 1.54) is 11.3 Å². The summed E-state index contributed by atoms with van der Waals surface area (Å²) in [5, 5.41) is 12.4. The van der Waals surface area contributed by atoms with Gasteiger partial charge in [-0.05, 0) is 12.3 Å². The van der Waals surface area contributed by atoms with Crippen LogP contribution in [0.15, 0.2) is 5.51 Å². The largest absolute Gasteiger partial charge is 0.389 e. The van der Waals surface area contributed by atoms with Crippen molar-refractivity contribution in [2.75, 3.05) is 19.8 Å². The van der Waals surface area contributed by atoms with Gasteiger partial charge >= 0.3 is 0 Å². The Morgan fingerprint density at radius 1 is 1.53 bits per heavy atom. The Balaban J connectivity index is 2.30. The molecular formula is C13H22N2O3S. The molecule has 2 N–H and O–H groups in total. The fourth-order valence-corrected chi connectivity index (χ4v) is 2.29. The van der Waals surface area contributed by atoms with Crippen LogP contribution in [0.1, 0.15) is 36.1 Å². The Labute approximate surface area is 118 Å². The summed E-state index contributed by atoms with van der Waals surface area (Å²) in [7, 11) is 0. The van der Waals surface area contributed by atoms with Crippen molar-refractivity contribution in [3.8, 4) is 0 Å². The molecule has 5 nitrogen and oxygen atoms in total. The van der Waals surface area contributed by atoms with E-state index in [0.29, 0.717) is 17.4 Å². The van der Waals surface area contributed by atoms with Gasteiger partial charge in [-0.2, -0.15) is 0 Å². The van der Waals surface area contributed by atoms with Crippen LogP contribution in [0.5, 0.6) is 0 Å². The minimum absolute atomic E-state index is 0.178. The molecule has 0 saturated carbocycles. The maximum atomic E-state index is 11.9. The molecule has 1 aromatic heterocycles. The van der Waals surface area contributed by atoms with Crippen LogP contribution in [0.4, 0.5) is 0 Å². The average Bonchev–Trinajstić information content (AvgIpc) is 2.83. The Morgan fingerprint density at radius 2 is 2.26 bits per heavy atom. The van der Waals surface area contributed by atoms with E-state index in [0.717, 1.165) is 12.1 Å². The quantitative estimate of drug-likeness (QED) is 0.759. The topological polar surface area (TPSA) is 71.5 Å². The average molecular weight is 286 g/mol. The first-order valence-electron chi connectivity index (χ1n) is 6.50. The minimum Gasteiger partial charge on any atom is -0.389 e. The van der Waals surface area contributed by atoms with Crippen molar-refractivity contribution < 1.29 is 14.6 Å². The number of carbonyl (C=O) groups excluding carboxylic acids is 1. The zero-order valence-corrected chi connectivity index (χ0v) is 12.5. The third-order valence-electron chi connectivity index (χ3n) is 2.44. The third-order valence-corrected chi connectivity index (χ3v) is 3.31. The lowest BCUT2D eigenvalue weighted by atomic mass is 10.2. The van der Waals surface area contributed by atoms with E-state index < -0.39 is 6.10 Å². The molecule has 0 aliphatic carbocycles. The van der Waals surface area contributed by atoms with Gasteiger partial charge in [-0.15, -0.1) is 11.3 Å². The lowest BCUT2D eigenvalue weighted by Crippen LogP contribution is -2.34. The first kappa shape index (κ1) is 16.1. The van der Waals surface area contributed by atoms with Crippen molar-refractivity contribution in [3.63, 3.8) is 0 Å². The van der Waals surface area contributed by atoms with E-state index in [1.807, 2.05) is 20.8 Å². The van der Waals surface area contributed by atoms with Gasteiger partial charge in [-0.3, -0.25) is 4.79 Å². The Hall–Kier alpha value is -0.980. The molecule has 1 heterocycles. The van der Waals surface area contributed by atoms with Crippen LogP contribution in [-0.4, -0.2) is 41.9 Å². The molecular weight excluding hydrogens is 264 g/mol. The van der Waals surface area contributed by atoms with Crippen LogP contribution in [0.3, 0.4) is 0 Å². The number of hydrogen-bond donors (Lipinski definition) is 2. The SMILES string of the molecule is CCc1ncsc1C(=O)NCC(O)COCC(C)C. The summed E-state index contributed by atoms with van der Waals surface area (Å²) in [4.78, 5) is 16.6. The van der Waals surface area contributed by atoms with Gasteiger partial charge < -0.3 is 15.2 Å². The number of nitrogens with one attached hydrogen (secondary N) is 1. The number of aliphatic hydroxyl groups is 1. The number of rotatable bonds is 8. The van der Waals surface area contributed by atoms with Gasteiger partial charge in [0, 0.05) is 13.2 Å². The Morgan fingerprint density at radius 3 is 2.89 bits per heavy atom. The minimum atomic E-state index is -0.680. The van der Waals surface area contributed by atoms with Crippen LogP contribution < -0.4 is 5.32 Å². The molecule has 19 heavy (non-hydrogen) atoms. The molecule has 6 heteroatoms. The highest BCUT2D eigenvalue weighted by Gasteiger charge is 2.14. The molecule has 0 bridgehead atoms. The van der Waals surface area contributed by atoms with Gasteiger partial charge in [0.15, 0.2) is 0 Å². The molecule has 1 amide bonds. The molecule has 0 aromatic carbocycles. The van der Waals surface area contributed by atoms with Crippen LogP contribution in [0.2, 0.25) is 0 Å². The number of hydrogen-bond acceptors (Lipinski definition) is 5. The van der Waals surface area contributed by atoms with E-state index >= 15 is 0 Å². The van der Waals surface area contributed by atoms with Crippen molar-refractivity contribution in [2.24, 2.45) is 5.92 Å². The molecule has 1 aromatic rings. The van der Waals surface area contributed by atoms with Crippen LogP contribution in [-0.2, 0) is 11.2 Å². The second kappa shape index (κ2) is 8.24. The van der Waals surface area contributed by atoms with Gasteiger partial charge in [0.25, 0.3) is 5.91 Å². The normalized spacial score (nSPS) is 12.7. The number of aliphatic hydroxyl groups excluding tert-OH is 1. The summed E-state index contributed by atoms with van der Waals surface area (Å²) in [6, 6.07) is 0. The van der Waals surface area contributed by atoms with E-state index in [2.05, 4.69) is 10.3 Å². The van der Waals surface area contributed by atoms with Crippen molar-refractivity contribution in [1.82, 2.24) is 10.3 Å². The number of ether oxygens (including phenoxy) is 1. The van der Waals surface area contributed by atoms with Crippen LogP contribution in [0.25, 0.3) is 0 Å². The maximum absolute atomic E-state index is 11.9. The van der Waals surface area contributed by atoms with Gasteiger partial charge in [-0.25, -0.2) is 4.98 Å². The van der Waals surface area contributed by atoms with Crippen molar-refractivity contribution >= 4 is 17.2 Å². The van der Waals surface area contributed by atoms with Crippen molar-refractivity contribution in [1.29, 1.82) is 0 Å². The number of nitrogens with zero attached hydrogens (tertiary/aromatic N) is 1. The molecule has 0 spiro atoms. The molecule has 1 atom stereocenters. The molecule has 0 aliphatic heterocycles. The van der Waals surface area contributed by atoms with E-state index in [4.69, 9.17) is 4.74 Å². The van der Waals surface area contributed by atoms with E-state index in [9.17, 15) is 9.90 Å². The van der Waals surface area contributed by atoms with Gasteiger partial charge in [0.05, 0.1) is 23.9 Å². The molecule has 0 radical (unpaired) electrons.